The van der Waals surface area contributed by atoms with Crippen molar-refractivity contribution in [2.24, 2.45) is 7.05 Å². The van der Waals surface area contributed by atoms with Crippen molar-refractivity contribution in [1.82, 2.24) is 29.9 Å². The lowest BCUT2D eigenvalue weighted by atomic mass is 10.4. The van der Waals surface area contributed by atoms with Gasteiger partial charge in [-0.05, 0) is 19.5 Å². The average Bonchev–Trinajstić information content (AvgIpc) is 2.84. The Morgan fingerprint density at radius 1 is 1.35 bits per heavy atom. The van der Waals surface area contributed by atoms with Gasteiger partial charge in [0, 0.05) is 7.05 Å². The van der Waals surface area contributed by atoms with E-state index in [9.17, 15) is 0 Å². The minimum atomic E-state index is 0.705. The zero-order valence-electron chi connectivity index (χ0n) is 10.5. The molecule has 92 valence electrons. The number of aryl methyl sites for hydroxylation is 2. The van der Waals surface area contributed by atoms with E-state index < -0.39 is 0 Å². The number of rotatable bonds is 5. The topological polar surface area (TPSA) is 60.6 Å². The summed E-state index contributed by atoms with van der Waals surface area (Å²) in [4.78, 5) is 4.25. The van der Waals surface area contributed by atoms with Crippen LogP contribution in [0, 0.1) is 6.92 Å². The fraction of sp³-hybridized carbons (Fsp3) is 0.545. The molecule has 2 rings (SSSR count). The summed E-state index contributed by atoms with van der Waals surface area (Å²) in [6.45, 7) is 6.40. The van der Waals surface area contributed by atoms with Crippen LogP contribution in [0.2, 0.25) is 0 Å². The van der Waals surface area contributed by atoms with Crippen LogP contribution in [0.1, 0.15) is 24.1 Å². The normalized spacial score (nSPS) is 11.0. The van der Waals surface area contributed by atoms with E-state index in [2.05, 4.69) is 33.5 Å². The number of hydrogen-bond acceptors (Lipinski definition) is 4. The molecular weight excluding hydrogens is 216 g/mol. The van der Waals surface area contributed by atoms with E-state index in [1.807, 2.05) is 23.3 Å². The molecule has 0 aromatic carbocycles. The molecule has 1 N–H and O–H groups in total. The molecule has 0 unspecified atom stereocenters. The van der Waals surface area contributed by atoms with Gasteiger partial charge < -0.3 is 5.32 Å². The summed E-state index contributed by atoms with van der Waals surface area (Å²) in [5.41, 5.74) is 2.15. The molecule has 2 aromatic heterocycles. The van der Waals surface area contributed by atoms with Crippen molar-refractivity contribution >= 4 is 0 Å². The Labute approximate surface area is 101 Å². The van der Waals surface area contributed by atoms with Crippen LogP contribution in [0.15, 0.2) is 12.4 Å². The largest absolute Gasteiger partial charge is 0.310 e. The molecule has 0 aliphatic carbocycles. The first-order valence-electron chi connectivity index (χ1n) is 5.77. The molecule has 0 spiro atoms. The summed E-state index contributed by atoms with van der Waals surface area (Å²) >= 11 is 0. The van der Waals surface area contributed by atoms with Gasteiger partial charge in [0.15, 0.2) is 5.82 Å². The van der Waals surface area contributed by atoms with Crippen molar-refractivity contribution < 1.29 is 0 Å². The second-order valence-electron chi connectivity index (χ2n) is 4.04. The number of hydrogen-bond donors (Lipinski definition) is 1. The fourth-order valence-corrected chi connectivity index (χ4v) is 1.71. The second-order valence-corrected chi connectivity index (χ2v) is 4.04. The summed E-state index contributed by atoms with van der Waals surface area (Å²) in [6.07, 6.45) is 1.76. The first-order chi connectivity index (χ1) is 8.19. The van der Waals surface area contributed by atoms with Crippen LogP contribution in [-0.2, 0) is 20.1 Å². The minimum absolute atomic E-state index is 0.705. The molecule has 0 saturated carbocycles. The molecular formula is C11H18N6. The first-order valence-corrected chi connectivity index (χ1v) is 5.77. The summed E-state index contributed by atoms with van der Waals surface area (Å²) in [5, 5.41) is 11.9. The highest BCUT2D eigenvalue weighted by molar-refractivity contribution is 5.08. The Kier molecular flexibility index (Phi) is 3.53. The van der Waals surface area contributed by atoms with E-state index >= 15 is 0 Å². The molecule has 6 nitrogen and oxygen atoms in total. The van der Waals surface area contributed by atoms with E-state index in [1.54, 1.807) is 6.33 Å². The third-order valence-corrected chi connectivity index (χ3v) is 2.54. The van der Waals surface area contributed by atoms with Crippen molar-refractivity contribution in [2.45, 2.75) is 26.9 Å². The summed E-state index contributed by atoms with van der Waals surface area (Å²) in [7, 11) is 1.94. The lowest BCUT2D eigenvalue weighted by Crippen LogP contribution is -2.13. The summed E-state index contributed by atoms with van der Waals surface area (Å²) < 4.78 is 3.71. The van der Waals surface area contributed by atoms with Gasteiger partial charge in [0.2, 0.25) is 0 Å². The van der Waals surface area contributed by atoms with Crippen molar-refractivity contribution in [1.29, 1.82) is 0 Å². The monoisotopic (exact) mass is 234 g/mol. The van der Waals surface area contributed by atoms with E-state index in [0.717, 1.165) is 23.8 Å². The van der Waals surface area contributed by atoms with Crippen LogP contribution < -0.4 is 5.32 Å². The van der Waals surface area contributed by atoms with Gasteiger partial charge in [0.25, 0.3) is 0 Å². The van der Waals surface area contributed by atoms with Crippen LogP contribution in [-0.4, -0.2) is 31.1 Å². The average molecular weight is 234 g/mol. The smallest absolute Gasteiger partial charge is 0.164 e. The highest BCUT2D eigenvalue weighted by atomic mass is 15.4. The van der Waals surface area contributed by atoms with Crippen molar-refractivity contribution in [3.8, 4) is 0 Å². The Hall–Kier alpha value is -1.69. The molecule has 0 aliphatic rings. The van der Waals surface area contributed by atoms with Gasteiger partial charge >= 0.3 is 0 Å². The number of nitrogens with one attached hydrogen (secondary N) is 1. The molecule has 0 amide bonds. The Morgan fingerprint density at radius 2 is 2.18 bits per heavy atom. The van der Waals surface area contributed by atoms with Gasteiger partial charge in [-0.2, -0.15) is 10.2 Å². The molecule has 2 aromatic rings. The van der Waals surface area contributed by atoms with E-state index in [-0.39, 0.29) is 0 Å². The predicted molar refractivity (Wildman–Crippen MR) is 64.4 cm³/mol. The number of aromatic nitrogens is 5. The van der Waals surface area contributed by atoms with E-state index in [0.29, 0.717) is 13.1 Å². The maximum Gasteiger partial charge on any atom is 0.164 e. The molecule has 2 heterocycles. The lowest BCUT2D eigenvalue weighted by molar-refractivity contribution is 0.603. The molecule has 0 atom stereocenters. The van der Waals surface area contributed by atoms with Crippen LogP contribution in [0.25, 0.3) is 0 Å². The van der Waals surface area contributed by atoms with Gasteiger partial charge in [0.05, 0.1) is 24.5 Å². The van der Waals surface area contributed by atoms with E-state index in [1.165, 1.54) is 0 Å². The maximum absolute atomic E-state index is 4.40. The predicted octanol–water partition coefficient (Wildman–Crippen LogP) is 0.478. The van der Waals surface area contributed by atoms with Crippen molar-refractivity contribution in [3.63, 3.8) is 0 Å². The van der Waals surface area contributed by atoms with Crippen LogP contribution >= 0.6 is 0 Å². The molecule has 0 fully saturated rings. The Bertz CT molecular complexity index is 484. The molecule has 17 heavy (non-hydrogen) atoms. The quantitative estimate of drug-likeness (QED) is 0.817. The lowest BCUT2D eigenvalue weighted by Gasteiger charge is -2.01. The standard InChI is InChI=1S/C11H18N6/c1-4-12-6-11-13-8-17(15-11)7-10-5-9(2)14-16(10)3/h5,8,12H,4,6-7H2,1-3H3. The van der Waals surface area contributed by atoms with Crippen molar-refractivity contribution in [2.75, 3.05) is 6.54 Å². The first kappa shape index (κ1) is 11.8. The zero-order chi connectivity index (χ0) is 12.3. The maximum atomic E-state index is 4.40. The van der Waals surface area contributed by atoms with Crippen LogP contribution in [0.3, 0.4) is 0 Å². The summed E-state index contributed by atoms with van der Waals surface area (Å²) in [5.74, 6) is 0.825. The second kappa shape index (κ2) is 5.09. The van der Waals surface area contributed by atoms with Crippen LogP contribution in [0.5, 0.6) is 0 Å². The van der Waals surface area contributed by atoms with Crippen molar-refractivity contribution in [3.05, 3.63) is 29.6 Å². The molecule has 6 heteroatoms. The third kappa shape index (κ3) is 2.91. The highest BCUT2D eigenvalue weighted by Gasteiger charge is 2.05. The Morgan fingerprint density at radius 3 is 2.82 bits per heavy atom. The zero-order valence-corrected chi connectivity index (χ0v) is 10.5. The van der Waals surface area contributed by atoms with Gasteiger partial charge in [-0.1, -0.05) is 6.92 Å². The highest BCUT2D eigenvalue weighted by Crippen LogP contribution is 2.03. The molecule has 0 saturated heterocycles. The van der Waals surface area contributed by atoms with Gasteiger partial charge in [-0.15, -0.1) is 0 Å². The van der Waals surface area contributed by atoms with Crippen LogP contribution in [0.4, 0.5) is 0 Å². The SMILES string of the molecule is CCNCc1ncn(Cc2cc(C)nn2C)n1. The molecule has 0 aliphatic heterocycles. The van der Waals surface area contributed by atoms with E-state index in [4.69, 9.17) is 0 Å². The fourth-order valence-electron chi connectivity index (χ4n) is 1.71. The van der Waals surface area contributed by atoms with Gasteiger partial charge in [-0.25, -0.2) is 9.67 Å². The van der Waals surface area contributed by atoms with Gasteiger partial charge in [0.1, 0.15) is 6.33 Å². The minimum Gasteiger partial charge on any atom is -0.310 e. The number of nitrogens with zero attached hydrogens (tertiary/aromatic N) is 5. The summed E-state index contributed by atoms with van der Waals surface area (Å²) in [6, 6.07) is 2.06. The Balaban J connectivity index is 2.03. The van der Waals surface area contributed by atoms with Gasteiger partial charge in [-0.3, -0.25) is 4.68 Å². The molecule has 0 radical (unpaired) electrons. The molecule has 0 bridgehead atoms. The third-order valence-electron chi connectivity index (χ3n) is 2.54.